The maximum Gasteiger partial charge on any atom is 0.294 e. The third kappa shape index (κ3) is 1.72. The molecule has 2 aromatic heterocycles. The van der Waals surface area contributed by atoms with E-state index in [2.05, 4.69) is 31.2 Å². The van der Waals surface area contributed by atoms with Gasteiger partial charge < -0.3 is 14.7 Å². The number of furan rings is 1. The van der Waals surface area contributed by atoms with Gasteiger partial charge in [0.05, 0.1) is 6.04 Å². The molecular weight excluding hydrogens is 322 g/mol. The second kappa shape index (κ2) is 4.29. The van der Waals surface area contributed by atoms with Crippen LogP contribution >= 0.6 is 15.9 Å². The molecule has 0 aliphatic carbocycles. The van der Waals surface area contributed by atoms with Crippen molar-refractivity contribution in [3.63, 3.8) is 0 Å². The minimum Gasteiger partial charge on any atom is -0.449 e. The van der Waals surface area contributed by atoms with E-state index in [1.165, 1.54) is 0 Å². The molecule has 4 rings (SSSR count). The molecule has 20 heavy (non-hydrogen) atoms. The minimum absolute atomic E-state index is 0.0517. The highest BCUT2D eigenvalue weighted by molar-refractivity contribution is 9.10. The summed E-state index contributed by atoms with van der Waals surface area (Å²) in [7, 11) is 0. The van der Waals surface area contributed by atoms with E-state index in [4.69, 9.17) is 4.42 Å². The molecule has 1 atom stereocenters. The van der Waals surface area contributed by atoms with Gasteiger partial charge in [-0.2, -0.15) is 0 Å². The Labute approximate surface area is 121 Å². The number of fused-ring (bicyclic) bond motifs is 3. The van der Waals surface area contributed by atoms with E-state index in [-0.39, 0.29) is 17.2 Å². The van der Waals surface area contributed by atoms with E-state index in [9.17, 15) is 4.79 Å². The molecule has 0 spiro atoms. The van der Waals surface area contributed by atoms with Crippen molar-refractivity contribution >= 4 is 38.0 Å². The van der Waals surface area contributed by atoms with Crippen molar-refractivity contribution in [2.75, 3.05) is 6.54 Å². The van der Waals surface area contributed by atoms with Gasteiger partial charge in [0.25, 0.3) is 5.56 Å². The van der Waals surface area contributed by atoms with Crippen LogP contribution in [0.1, 0.15) is 11.9 Å². The average Bonchev–Trinajstić information content (AvgIpc) is 3.06. The zero-order chi connectivity index (χ0) is 13.7. The van der Waals surface area contributed by atoms with E-state index in [1.54, 1.807) is 0 Å². The number of hydrogen-bond acceptors (Lipinski definition) is 4. The molecule has 0 saturated carbocycles. The Kier molecular flexibility index (Phi) is 2.55. The van der Waals surface area contributed by atoms with Crippen LogP contribution in [0, 0.1) is 0 Å². The van der Waals surface area contributed by atoms with Crippen LogP contribution in [-0.2, 0) is 0 Å². The van der Waals surface area contributed by atoms with Crippen molar-refractivity contribution in [1.29, 1.82) is 0 Å². The molecule has 1 aromatic carbocycles. The predicted molar refractivity (Wildman–Crippen MR) is 79.7 cm³/mol. The quantitative estimate of drug-likeness (QED) is 0.672. The van der Waals surface area contributed by atoms with Crippen LogP contribution in [0.3, 0.4) is 0 Å². The van der Waals surface area contributed by atoms with Crippen molar-refractivity contribution in [1.82, 2.24) is 15.3 Å². The maximum absolute atomic E-state index is 12.2. The lowest BCUT2D eigenvalue weighted by atomic mass is 10.2. The molecule has 0 saturated heterocycles. The SMILES string of the molecule is O=c1[nH]c([C@@H]2C=CCN2)nc2c1oc1ccc(Br)cc12. The number of nitrogens with one attached hydrogen (secondary N) is 2. The number of aromatic nitrogens is 2. The third-order valence-electron chi connectivity index (χ3n) is 3.38. The van der Waals surface area contributed by atoms with Crippen molar-refractivity contribution in [3.8, 4) is 0 Å². The standard InChI is InChI=1S/C14H10BrN3O2/c15-7-3-4-10-8(6-7)11-12(20-10)14(19)18-13(17-11)9-2-1-5-16-9/h1-4,6,9,16H,5H2,(H,17,18,19)/t9-/m0/s1. The molecule has 6 heteroatoms. The highest BCUT2D eigenvalue weighted by Gasteiger charge is 2.18. The largest absolute Gasteiger partial charge is 0.449 e. The lowest BCUT2D eigenvalue weighted by Gasteiger charge is -2.07. The van der Waals surface area contributed by atoms with Crippen molar-refractivity contribution in [2.45, 2.75) is 6.04 Å². The number of benzene rings is 1. The van der Waals surface area contributed by atoms with Gasteiger partial charge in [0.15, 0.2) is 0 Å². The molecule has 3 aromatic rings. The normalized spacial score (nSPS) is 18.4. The molecule has 2 N–H and O–H groups in total. The molecule has 0 fully saturated rings. The van der Waals surface area contributed by atoms with Crippen LogP contribution in [0.2, 0.25) is 0 Å². The topological polar surface area (TPSA) is 70.9 Å². The van der Waals surface area contributed by atoms with Gasteiger partial charge in [-0.25, -0.2) is 4.98 Å². The summed E-state index contributed by atoms with van der Waals surface area (Å²) in [6.07, 6.45) is 4.00. The van der Waals surface area contributed by atoms with Gasteiger partial charge in [-0.15, -0.1) is 0 Å². The first kappa shape index (κ1) is 11.9. The smallest absolute Gasteiger partial charge is 0.294 e. The van der Waals surface area contributed by atoms with Gasteiger partial charge in [0, 0.05) is 16.4 Å². The monoisotopic (exact) mass is 331 g/mol. The van der Waals surface area contributed by atoms with Crippen molar-refractivity contribution < 1.29 is 4.42 Å². The molecule has 0 amide bonds. The van der Waals surface area contributed by atoms with Gasteiger partial charge in [-0.3, -0.25) is 4.79 Å². The minimum atomic E-state index is -0.251. The number of H-pyrrole nitrogens is 1. The number of hydrogen-bond donors (Lipinski definition) is 2. The molecule has 1 aliphatic heterocycles. The van der Waals surface area contributed by atoms with E-state index >= 15 is 0 Å². The Bertz CT molecular complexity index is 910. The number of rotatable bonds is 1. The van der Waals surface area contributed by atoms with Crippen LogP contribution in [0.15, 0.2) is 44.0 Å². The van der Waals surface area contributed by atoms with E-state index in [0.717, 1.165) is 16.4 Å². The van der Waals surface area contributed by atoms with Crippen molar-refractivity contribution in [2.24, 2.45) is 0 Å². The zero-order valence-corrected chi connectivity index (χ0v) is 11.9. The molecule has 0 radical (unpaired) electrons. The third-order valence-corrected chi connectivity index (χ3v) is 3.88. The Morgan fingerprint density at radius 3 is 3.10 bits per heavy atom. The van der Waals surface area contributed by atoms with Crippen LogP contribution < -0.4 is 10.9 Å². The predicted octanol–water partition coefficient (Wildman–Crippen LogP) is 2.63. The lowest BCUT2D eigenvalue weighted by molar-refractivity contribution is 0.644. The van der Waals surface area contributed by atoms with Crippen LogP contribution in [0.4, 0.5) is 0 Å². The van der Waals surface area contributed by atoms with Gasteiger partial charge in [0.2, 0.25) is 5.58 Å². The van der Waals surface area contributed by atoms with Gasteiger partial charge in [-0.1, -0.05) is 28.1 Å². The summed E-state index contributed by atoms with van der Waals surface area (Å²) in [4.78, 5) is 19.5. The summed E-state index contributed by atoms with van der Waals surface area (Å²) in [5.41, 5.74) is 1.28. The van der Waals surface area contributed by atoms with E-state index in [1.807, 2.05) is 30.4 Å². The fourth-order valence-electron chi connectivity index (χ4n) is 2.45. The molecular formula is C14H10BrN3O2. The Morgan fingerprint density at radius 2 is 2.30 bits per heavy atom. The number of aromatic amines is 1. The lowest BCUT2D eigenvalue weighted by Crippen LogP contribution is -2.20. The van der Waals surface area contributed by atoms with E-state index < -0.39 is 0 Å². The fraction of sp³-hybridized carbons (Fsp3) is 0.143. The number of nitrogens with zero attached hydrogens (tertiary/aromatic N) is 1. The van der Waals surface area contributed by atoms with Crippen LogP contribution in [0.5, 0.6) is 0 Å². The Balaban J connectivity index is 2.06. The van der Waals surface area contributed by atoms with E-state index in [0.29, 0.717) is 16.9 Å². The summed E-state index contributed by atoms with van der Waals surface area (Å²) in [5.74, 6) is 0.610. The first-order valence-corrected chi connectivity index (χ1v) is 7.04. The fourth-order valence-corrected chi connectivity index (χ4v) is 2.81. The highest BCUT2D eigenvalue weighted by Crippen LogP contribution is 2.28. The van der Waals surface area contributed by atoms with Gasteiger partial charge >= 0.3 is 0 Å². The summed E-state index contributed by atoms with van der Waals surface area (Å²) < 4.78 is 6.52. The first-order chi connectivity index (χ1) is 9.72. The van der Waals surface area contributed by atoms with Crippen LogP contribution in [-0.4, -0.2) is 16.5 Å². The second-order valence-corrected chi connectivity index (χ2v) is 5.60. The Hall–Kier alpha value is -1.92. The zero-order valence-electron chi connectivity index (χ0n) is 10.3. The Morgan fingerprint density at radius 1 is 1.40 bits per heavy atom. The molecule has 100 valence electrons. The van der Waals surface area contributed by atoms with Crippen molar-refractivity contribution in [3.05, 3.63) is 51.0 Å². The maximum atomic E-state index is 12.2. The molecule has 0 bridgehead atoms. The highest BCUT2D eigenvalue weighted by atomic mass is 79.9. The molecule has 1 aliphatic rings. The summed E-state index contributed by atoms with van der Waals surface area (Å²) in [6.45, 7) is 0.782. The first-order valence-electron chi connectivity index (χ1n) is 6.24. The van der Waals surface area contributed by atoms with Gasteiger partial charge in [0.1, 0.15) is 16.9 Å². The summed E-state index contributed by atoms with van der Waals surface area (Å²) >= 11 is 3.43. The molecule has 3 heterocycles. The number of halogens is 1. The molecule has 5 nitrogen and oxygen atoms in total. The average molecular weight is 332 g/mol. The van der Waals surface area contributed by atoms with Gasteiger partial charge in [-0.05, 0) is 18.2 Å². The summed E-state index contributed by atoms with van der Waals surface area (Å²) in [5, 5.41) is 4.07. The summed E-state index contributed by atoms with van der Waals surface area (Å²) in [6, 6.07) is 5.56. The van der Waals surface area contributed by atoms with Crippen LogP contribution in [0.25, 0.3) is 22.1 Å². The second-order valence-electron chi connectivity index (χ2n) is 4.69. The molecule has 0 unspecified atom stereocenters.